The number of nitrogens with two attached hydrogens (primary N) is 1. The van der Waals surface area contributed by atoms with Crippen molar-refractivity contribution in [2.45, 2.75) is 44.7 Å². The Labute approximate surface area is 236 Å². The van der Waals surface area contributed by atoms with Crippen LogP contribution in [0, 0.1) is 6.92 Å². The molecule has 0 radical (unpaired) electrons. The van der Waals surface area contributed by atoms with Gasteiger partial charge in [0.05, 0.1) is 17.8 Å². The molecule has 6 rings (SSSR count). The first-order valence-electron chi connectivity index (χ1n) is 13.3. The summed E-state index contributed by atoms with van der Waals surface area (Å²) in [6.07, 6.45) is 6.08. The zero-order chi connectivity index (χ0) is 27.9. The lowest BCUT2D eigenvalue weighted by atomic mass is 9.94. The molecule has 5 aromatic rings. The molecule has 2 unspecified atom stereocenters. The van der Waals surface area contributed by atoms with E-state index in [9.17, 15) is 4.79 Å². The van der Waals surface area contributed by atoms with Gasteiger partial charge in [0.15, 0.2) is 0 Å². The summed E-state index contributed by atoms with van der Waals surface area (Å²) < 4.78 is 7.89. The van der Waals surface area contributed by atoms with E-state index < -0.39 is 5.54 Å². The Hall–Kier alpha value is -4.15. The van der Waals surface area contributed by atoms with Gasteiger partial charge in [-0.15, -0.1) is 21.5 Å². The normalized spacial score (nSPS) is 16.8. The fourth-order valence-electron chi connectivity index (χ4n) is 5.24. The van der Waals surface area contributed by atoms with Crippen LogP contribution in [-0.2, 0) is 19.0 Å². The van der Waals surface area contributed by atoms with Crippen LogP contribution in [0.25, 0.3) is 22.6 Å². The SMILES string of the molecule is Cc1csc(C2CCCN2C(=O)c2cc(-c3cnn(C)c3)cc(-c3nnc(C(C)(N)Cc4ccccc4)o3)c2)n1. The van der Waals surface area contributed by atoms with Crippen LogP contribution >= 0.6 is 11.3 Å². The third-order valence-corrected chi connectivity index (χ3v) is 8.29. The summed E-state index contributed by atoms with van der Waals surface area (Å²) in [5.41, 5.74) is 10.8. The van der Waals surface area contributed by atoms with Crippen LogP contribution in [0.1, 0.15) is 58.3 Å². The van der Waals surface area contributed by atoms with Crippen molar-refractivity contribution in [3.05, 3.63) is 94.0 Å². The molecule has 0 aliphatic carbocycles. The Kier molecular flexibility index (Phi) is 6.81. The second-order valence-corrected chi connectivity index (χ2v) is 11.6. The number of carbonyl (C=O) groups excluding carboxylic acids is 1. The number of nitrogens with zero attached hydrogens (tertiary/aromatic N) is 6. The maximum Gasteiger partial charge on any atom is 0.254 e. The Balaban J connectivity index is 1.36. The lowest BCUT2D eigenvalue weighted by Gasteiger charge is -2.23. The van der Waals surface area contributed by atoms with Crippen molar-refractivity contribution < 1.29 is 9.21 Å². The molecule has 0 bridgehead atoms. The molecule has 9 nitrogen and oxygen atoms in total. The van der Waals surface area contributed by atoms with Crippen molar-refractivity contribution in [2.24, 2.45) is 12.8 Å². The van der Waals surface area contributed by atoms with E-state index in [1.165, 1.54) is 0 Å². The maximum atomic E-state index is 14.0. The molecule has 4 heterocycles. The molecule has 1 amide bonds. The average molecular weight is 554 g/mol. The smallest absolute Gasteiger partial charge is 0.254 e. The van der Waals surface area contributed by atoms with Crippen LogP contribution in [0.2, 0.25) is 0 Å². The molecule has 40 heavy (non-hydrogen) atoms. The van der Waals surface area contributed by atoms with Gasteiger partial charge >= 0.3 is 0 Å². The fourth-order valence-corrected chi connectivity index (χ4v) is 6.18. The standard InChI is InChI=1S/C30H31N7O2S/c1-19-18-40-27(33-19)25-10-7-11-37(25)28(38)23-13-21(24-16-32-36(3)17-24)12-22(14-23)26-34-35-29(39-26)30(2,31)15-20-8-5-4-6-9-20/h4-6,8-9,12-14,16-18,25H,7,10-11,15,31H2,1-3H3. The number of rotatable bonds is 7. The zero-order valence-electron chi connectivity index (χ0n) is 22.7. The number of benzene rings is 2. The molecule has 204 valence electrons. The van der Waals surface area contributed by atoms with Crippen LogP contribution in [0.15, 0.2) is 70.7 Å². The number of aromatic nitrogens is 5. The van der Waals surface area contributed by atoms with Gasteiger partial charge in [-0.05, 0) is 62.4 Å². The predicted octanol–water partition coefficient (Wildman–Crippen LogP) is 5.30. The first-order valence-corrected chi connectivity index (χ1v) is 14.2. The minimum Gasteiger partial charge on any atom is -0.419 e. The Morgan fingerprint density at radius 3 is 2.67 bits per heavy atom. The third-order valence-electron chi connectivity index (χ3n) is 7.23. The number of hydrogen-bond donors (Lipinski definition) is 1. The van der Waals surface area contributed by atoms with Gasteiger partial charge in [-0.2, -0.15) is 5.10 Å². The molecule has 0 spiro atoms. The molecular weight excluding hydrogens is 522 g/mol. The molecule has 1 fully saturated rings. The van der Waals surface area contributed by atoms with Crippen LogP contribution in [-0.4, -0.2) is 42.3 Å². The Bertz CT molecular complexity index is 1650. The molecule has 3 aromatic heterocycles. The fraction of sp³-hybridized carbons (Fsp3) is 0.300. The summed E-state index contributed by atoms with van der Waals surface area (Å²) in [5, 5.41) is 16.0. The van der Waals surface area contributed by atoms with Gasteiger partial charge in [0.25, 0.3) is 5.91 Å². The number of carbonyl (C=O) groups is 1. The van der Waals surface area contributed by atoms with Gasteiger partial charge in [-0.25, -0.2) is 4.98 Å². The molecule has 2 N–H and O–H groups in total. The highest BCUT2D eigenvalue weighted by molar-refractivity contribution is 7.09. The van der Waals surface area contributed by atoms with Crippen molar-refractivity contribution >= 4 is 17.2 Å². The Morgan fingerprint density at radius 1 is 1.15 bits per heavy atom. The molecule has 1 aliphatic heterocycles. The largest absolute Gasteiger partial charge is 0.419 e. The van der Waals surface area contributed by atoms with Gasteiger partial charge in [0.2, 0.25) is 11.8 Å². The number of thiazole rings is 1. The average Bonchev–Trinajstić information content (AvgIpc) is 3.75. The van der Waals surface area contributed by atoms with E-state index in [1.54, 1.807) is 22.2 Å². The molecule has 2 atom stereocenters. The third kappa shape index (κ3) is 5.20. The van der Waals surface area contributed by atoms with Gasteiger partial charge in [-0.1, -0.05) is 30.3 Å². The topological polar surface area (TPSA) is 116 Å². The van der Waals surface area contributed by atoms with Crippen LogP contribution in [0.3, 0.4) is 0 Å². The second kappa shape index (κ2) is 10.4. The summed E-state index contributed by atoms with van der Waals surface area (Å²) >= 11 is 1.61. The number of hydrogen-bond acceptors (Lipinski definition) is 8. The Morgan fingerprint density at radius 2 is 1.95 bits per heavy atom. The van der Waals surface area contributed by atoms with Crippen LogP contribution in [0.4, 0.5) is 0 Å². The summed E-state index contributed by atoms with van der Waals surface area (Å²) in [4.78, 5) is 20.6. The van der Waals surface area contributed by atoms with E-state index >= 15 is 0 Å². The van der Waals surface area contributed by atoms with Crippen LogP contribution in [0.5, 0.6) is 0 Å². The summed E-state index contributed by atoms with van der Waals surface area (Å²) in [6, 6.07) is 15.6. The summed E-state index contributed by atoms with van der Waals surface area (Å²) in [7, 11) is 1.86. The molecule has 10 heteroatoms. The quantitative estimate of drug-likeness (QED) is 0.291. The lowest BCUT2D eigenvalue weighted by Crippen LogP contribution is -2.35. The number of amides is 1. The van der Waals surface area contributed by atoms with E-state index in [2.05, 4.69) is 20.3 Å². The minimum absolute atomic E-state index is 0.0253. The highest BCUT2D eigenvalue weighted by atomic mass is 32.1. The van der Waals surface area contributed by atoms with Gasteiger partial charge in [0.1, 0.15) is 5.01 Å². The number of likely N-dealkylation sites (tertiary alicyclic amines) is 1. The minimum atomic E-state index is -0.860. The van der Waals surface area contributed by atoms with E-state index in [0.29, 0.717) is 35.9 Å². The van der Waals surface area contributed by atoms with Crippen molar-refractivity contribution in [1.82, 2.24) is 29.9 Å². The van der Waals surface area contributed by atoms with E-state index in [-0.39, 0.29) is 11.9 Å². The monoisotopic (exact) mass is 553 g/mol. The van der Waals surface area contributed by atoms with Crippen LogP contribution < -0.4 is 5.73 Å². The van der Waals surface area contributed by atoms with Gasteiger partial charge < -0.3 is 15.1 Å². The van der Waals surface area contributed by atoms with E-state index in [4.69, 9.17) is 10.2 Å². The summed E-state index contributed by atoms with van der Waals surface area (Å²) in [6.45, 7) is 4.55. The van der Waals surface area contributed by atoms with Crippen molar-refractivity contribution in [1.29, 1.82) is 0 Å². The van der Waals surface area contributed by atoms with Crippen molar-refractivity contribution in [3.63, 3.8) is 0 Å². The summed E-state index contributed by atoms with van der Waals surface area (Å²) in [5.74, 6) is 0.604. The highest BCUT2D eigenvalue weighted by Crippen LogP contribution is 2.36. The lowest BCUT2D eigenvalue weighted by molar-refractivity contribution is 0.0735. The van der Waals surface area contributed by atoms with E-state index in [1.807, 2.05) is 85.9 Å². The molecule has 0 saturated carbocycles. The van der Waals surface area contributed by atoms with Crippen molar-refractivity contribution in [2.75, 3.05) is 6.54 Å². The maximum absolute atomic E-state index is 14.0. The molecular formula is C30H31N7O2S. The predicted molar refractivity (Wildman–Crippen MR) is 153 cm³/mol. The number of aryl methyl sites for hydroxylation is 2. The molecule has 1 saturated heterocycles. The second-order valence-electron chi connectivity index (χ2n) is 10.7. The highest BCUT2D eigenvalue weighted by Gasteiger charge is 2.33. The molecule has 1 aliphatic rings. The first kappa shape index (κ1) is 26.1. The molecule has 2 aromatic carbocycles. The first-order chi connectivity index (χ1) is 19.3. The zero-order valence-corrected chi connectivity index (χ0v) is 23.6. The van der Waals surface area contributed by atoms with Gasteiger partial charge in [0, 0.05) is 47.6 Å². The van der Waals surface area contributed by atoms with Crippen molar-refractivity contribution in [3.8, 4) is 22.6 Å². The van der Waals surface area contributed by atoms with Gasteiger partial charge in [-0.3, -0.25) is 9.48 Å². The van der Waals surface area contributed by atoms with E-state index in [0.717, 1.165) is 40.2 Å².